The fraction of sp³-hybridized carbons (Fsp3) is 0.667. The lowest BCUT2D eigenvalue weighted by molar-refractivity contribution is 1.68. The van der Waals surface area contributed by atoms with Crippen LogP contribution in [0.2, 0.25) is 0 Å². The van der Waals surface area contributed by atoms with Crippen molar-refractivity contribution in [3.63, 3.8) is 0 Å². The molecule has 8 heavy (non-hydrogen) atoms. The molecule has 0 fully saturated rings. The van der Waals surface area contributed by atoms with Crippen LogP contribution in [0.3, 0.4) is 0 Å². The molecule has 0 radical (unpaired) electrons. The lowest BCUT2D eigenvalue weighted by Crippen LogP contribution is -2.11. The van der Waals surface area contributed by atoms with Gasteiger partial charge in [-0.1, -0.05) is 47.0 Å². The number of rotatable bonds is 0. The molecule has 0 aromatic carbocycles. The first-order chi connectivity index (χ1) is 3.48. The molecule has 0 bridgehead atoms. The Morgan fingerprint density at radius 1 is 1.50 bits per heavy atom. The van der Waals surface area contributed by atoms with E-state index in [1.54, 1.807) is 6.26 Å². The SMILES string of the molecule is CSC(=S)C(Cl)(Cl)Cl. The summed E-state index contributed by atoms with van der Waals surface area (Å²) >= 11 is 22.0. The molecule has 0 rings (SSSR count). The Morgan fingerprint density at radius 3 is 1.88 bits per heavy atom. The first-order valence-electron chi connectivity index (χ1n) is 1.63. The van der Waals surface area contributed by atoms with E-state index in [4.69, 9.17) is 34.8 Å². The highest BCUT2D eigenvalue weighted by Crippen LogP contribution is 2.32. The summed E-state index contributed by atoms with van der Waals surface area (Å²) in [5.74, 6) is 0. The summed E-state index contributed by atoms with van der Waals surface area (Å²) < 4.78 is -1.00. The molecule has 0 spiro atoms. The summed E-state index contributed by atoms with van der Waals surface area (Å²) in [6, 6.07) is 0. The second-order valence-electron chi connectivity index (χ2n) is 0.989. The zero-order valence-electron chi connectivity index (χ0n) is 3.95. The third kappa shape index (κ3) is 3.36. The molecule has 0 unspecified atom stereocenters. The highest BCUT2D eigenvalue weighted by molar-refractivity contribution is 8.23. The number of alkyl halides is 3. The van der Waals surface area contributed by atoms with Crippen LogP contribution in [0.1, 0.15) is 0 Å². The lowest BCUT2D eigenvalue weighted by atomic mass is 10.9. The molecular weight excluding hydrogens is 207 g/mol. The Bertz CT molecular complexity index is 95.2. The van der Waals surface area contributed by atoms with Gasteiger partial charge in [-0.15, -0.1) is 11.8 Å². The van der Waals surface area contributed by atoms with Crippen molar-refractivity contribution < 1.29 is 0 Å². The quantitative estimate of drug-likeness (QED) is 0.444. The van der Waals surface area contributed by atoms with Gasteiger partial charge in [0.2, 0.25) is 3.79 Å². The number of hydrogen-bond donors (Lipinski definition) is 0. The molecular formula is C3H3Cl3S2. The maximum absolute atomic E-state index is 5.35. The van der Waals surface area contributed by atoms with Crippen LogP contribution in [-0.4, -0.2) is 14.2 Å². The Balaban J connectivity index is 3.82. The topological polar surface area (TPSA) is 0 Å². The van der Waals surface area contributed by atoms with Crippen LogP contribution in [0.25, 0.3) is 0 Å². The maximum atomic E-state index is 5.35. The van der Waals surface area contributed by atoms with Gasteiger partial charge in [-0.2, -0.15) is 0 Å². The Morgan fingerprint density at radius 2 is 1.88 bits per heavy atom. The van der Waals surface area contributed by atoms with Crippen molar-refractivity contribution in [3.05, 3.63) is 0 Å². The summed E-state index contributed by atoms with van der Waals surface area (Å²) in [4.78, 5) is 0. The minimum atomic E-state index is -1.38. The second kappa shape index (κ2) is 3.47. The molecule has 0 saturated heterocycles. The van der Waals surface area contributed by atoms with Gasteiger partial charge in [0.25, 0.3) is 0 Å². The number of halogens is 3. The number of thiocarbonyl (C=S) groups is 1. The van der Waals surface area contributed by atoms with Gasteiger partial charge in [-0.25, -0.2) is 0 Å². The largest absolute Gasteiger partial charge is 0.231 e. The minimum absolute atomic E-state index is 0.377. The van der Waals surface area contributed by atoms with Gasteiger partial charge in [0, 0.05) is 0 Å². The zero-order chi connectivity index (χ0) is 6.78. The molecule has 5 heteroatoms. The van der Waals surface area contributed by atoms with E-state index in [1.165, 1.54) is 11.8 Å². The van der Waals surface area contributed by atoms with Crippen LogP contribution < -0.4 is 0 Å². The molecule has 0 aromatic heterocycles. The predicted octanol–water partition coefficient (Wildman–Crippen LogP) is 3.05. The highest BCUT2D eigenvalue weighted by Gasteiger charge is 2.24. The molecule has 0 aliphatic heterocycles. The normalized spacial score (nSPS) is 11.5. The smallest absolute Gasteiger partial charge is 0.118 e. The molecule has 0 amide bonds. The van der Waals surface area contributed by atoms with E-state index in [-0.39, 0.29) is 0 Å². The van der Waals surface area contributed by atoms with Crippen LogP contribution in [0, 0.1) is 0 Å². The van der Waals surface area contributed by atoms with Crippen LogP contribution >= 0.6 is 58.8 Å². The van der Waals surface area contributed by atoms with E-state index < -0.39 is 3.79 Å². The van der Waals surface area contributed by atoms with Gasteiger partial charge >= 0.3 is 0 Å². The van der Waals surface area contributed by atoms with Crippen molar-refractivity contribution in [2.24, 2.45) is 0 Å². The van der Waals surface area contributed by atoms with E-state index in [9.17, 15) is 0 Å². The van der Waals surface area contributed by atoms with E-state index in [2.05, 4.69) is 12.2 Å². The third-order valence-electron chi connectivity index (χ3n) is 0.417. The van der Waals surface area contributed by atoms with Crippen molar-refractivity contribution in [2.75, 3.05) is 6.26 Å². The van der Waals surface area contributed by atoms with Crippen molar-refractivity contribution in [2.45, 2.75) is 3.79 Å². The summed E-state index contributed by atoms with van der Waals surface area (Å²) in [5, 5.41) is 0. The van der Waals surface area contributed by atoms with Crippen molar-refractivity contribution in [1.82, 2.24) is 0 Å². The van der Waals surface area contributed by atoms with Gasteiger partial charge in [0.05, 0.1) is 4.20 Å². The summed E-state index contributed by atoms with van der Waals surface area (Å²) in [6.45, 7) is 0. The third-order valence-corrected chi connectivity index (χ3v) is 3.14. The zero-order valence-corrected chi connectivity index (χ0v) is 7.85. The molecule has 0 atom stereocenters. The lowest BCUT2D eigenvalue weighted by Gasteiger charge is -2.07. The van der Waals surface area contributed by atoms with Crippen LogP contribution in [0.15, 0.2) is 0 Å². The van der Waals surface area contributed by atoms with Crippen LogP contribution in [0.5, 0.6) is 0 Å². The molecule has 0 aromatic rings. The Hall–Kier alpha value is 1.31. The van der Waals surface area contributed by atoms with E-state index in [0.29, 0.717) is 4.20 Å². The summed E-state index contributed by atoms with van der Waals surface area (Å²) in [7, 11) is 0. The van der Waals surface area contributed by atoms with Gasteiger partial charge in [0.1, 0.15) is 0 Å². The molecule has 0 nitrogen and oxygen atoms in total. The predicted molar refractivity (Wildman–Crippen MR) is 46.4 cm³/mol. The average Bonchev–Trinajstić information content (AvgIpc) is 1.62. The molecule has 0 N–H and O–H groups in total. The van der Waals surface area contributed by atoms with E-state index in [0.717, 1.165) is 0 Å². The average molecular weight is 210 g/mol. The first-order valence-corrected chi connectivity index (χ1v) is 4.40. The number of thioether (sulfide) groups is 1. The number of hydrogen-bond acceptors (Lipinski definition) is 2. The molecule has 0 heterocycles. The maximum Gasteiger partial charge on any atom is 0.231 e. The van der Waals surface area contributed by atoms with Gasteiger partial charge in [-0.05, 0) is 6.26 Å². The van der Waals surface area contributed by atoms with E-state index in [1.807, 2.05) is 0 Å². The molecule has 48 valence electrons. The van der Waals surface area contributed by atoms with Crippen molar-refractivity contribution in [1.29, 1.82) is 0 Å². The summed E-state index contributed by atoms with van der Waals surface area (Å²) in [5.41, 5.74) is 0. The van der Waals surface area contributed by atoms with Crippen molar-refractivity contribution >= 4 is 63.0 Å². The van der Waals surface area contributed by atoms with Gasteiger partial charge in [0.15, 0.2) is 0 Å². The van der Waals surface area contributed by atoms with Crippen molar-refractivity contribution in [3.8, 4) is 0 Å². The minimum Gasteiger partial charge on any atom is -0.118 e. The highest BCUT2D eigenvalue weighted by atomic mass is 35.6. The fourth-order valence-corrected chi connectivity index (χ4v) is 1.04. The monoisotopic (exact) mass is 208 g/mol. The van der Waals surface area contributed by atoms with Crippen LogP contribution in [-0.2, 0) is 0 Å². The molecule has 0 aliphatic carbocycles. The van der Waals surface area contributed by atoms with Crippen LogP contribution in [0.4, 0.5) is 0 Å². The Kier molecular flexibility index (Phi) is 4.04. The van der Waals surface area contributed by atoms with E-state index >= 15 is 0 Å². The molecule has 0 aliphatic rings. The molecule has 0 saturated carbocycles. The van der Waals surface area contributed by atoms with Gasteiger partial charge in [-0.3, -0.25) is 0 Å². The first kappa shape index (κ1) is 9.31. The fourth-order valence-electron chi connectivity index (χ4n) is 0.116. The standard InChI is InChI=1S/C3H3Cl3S2/c1-8-2(7)3(4,5)6/h1H3. The second-order valence-corrected chi connectivity index (χ2v) is 4.75. The Labute approximate surface area is 72.9 Å². The van der Waals surface area contributed by atoms with Gasteiger partial charge < -0.3 is 0 Å². The summed E-state index contributed by atoms with van der Waals surface area (Å²) in [6.07, 6.45) is 1.77.